The summed E-state index contributed by atoms with van der Waals surface area (Å²) in [6.07, 6.45) is -3.58. The number of nitrogens with one attached hydrogen (secondary N) is 1. The van der Waals surface area contributed by atoms with E-state index in [0.717, 1.165) is 17.4 Å². The molecule has 1 heterocycles. The molecule has 2 nitrogen and oxygen atoms in total. The number of anilines is 1. The molecule has 0 unspecified atom stereocenters. The van der Waals surface area contributed by atoms with E-state index in [4.69, 9.17) is 5.26 Å². The van der Waals surface area contributed by atoms with Gasteiger partial charge in [0, 0.05) is 22.0 Å². The van der Waals surface area contributed by atoms with E-state index in [1.54, 1.807) is 17.4 Å². The van der Waals surface area contributed by atoms with Crippen LogP contribution in [0.25, 0.3) is 0 Å². The highest BCUT2D eigenvalue weighted by Crippen LogP contribution is 2.33. The summed E-state index contributed by atoms with van der Waals surface area (Å²) >= 11 is 1.63. The van der Waals surface area contributed by atoms with E-state index in [1.807, 2.05) is 12.1 Å². The van der Waals surface area contributed by atoms with Crippen molar-refractivity contribution >= 4 is 17.0 Å². The van der Waals surface area contributed by atoms with E-state index in [-0.39, 0.29) is 5.56 Å². The number of rotatable bonds is 4. The van der Waals surface area contributed by atoms with E-state index >= 15 is 0 Å². The number of hydrogen-bond acceptors (Lipinski definition) is 3. The zero-order valence-electron chi connectivity index (χ0n) is 11.3. The molecule has 0 amide bonds. The summed E-state index contributed by atoms with van der Waals surface area (Å²) in [5, 5.41) is 11.7. The number of benzene rings is 1. The number of aryl methyl sites for hydroxylation is 1. The van der Waals surface area contributed by atoms with Gasteiger partial charge in [-0.1, -0.05) is 6.92 Å². The number of halogens is 3. The van der Waals surface area contributed by atoms with Gasteiger partial charge in [0.2, 0.25) is 0 Å². The van der Waals surface area contributed by atoms with Crippen LogP contribution < -0.4 is 5.32 Å². The van der Waals surface area contributed by atoms with Gasteiger partial charge in [-0.25, -0.2) is 0 Å². The zero-order chi connectivity index (χ0) is 15.5. The highest BCUT2D eigenvalue weighted by atomic mass is 32.1. The molecule has 0 spiro atoms. The van der Waals surface area contributed by atoms with Crippen LogP contribution in [0.2, 0.25) is 0 Å². The molecule has 1 N–H and O–H groups in total. The number of thiophene rings is 1. The second-order valence-corrected chi connectivity index (χ2v) is 5.70. The molecule has 0 radical (unpaired) electrons. The highest BCUT2D eigenvalue weighted by molar-refractivity contribution is 7.12. The molecule has 0 saturated carbocycles. The SMILES string of the molecule is CCc1ccc(CNc2ccc(C#N)c(C(F)(F)F)c2)s1. The van der Waals surface area contributed by atoms with Crippen molar-refractivity contribution in [3.63, 3.8) is 0 Å². The molecular weight excluding hydrogens is 297 g/mol. The Morgan fingerprint density at radius 3 is 2.48 bits per heavy atom. The summed E-state index contributed by atoms with van der Waals surface area (Å²) in [4.78, 5) is 2.30. The lowest BCUT2D eigenvalue weighted by molar-refractivity contribution is -0.137. The van der Waals surface area contributed by atoms with Gasteiger partial charge in [-0.2, -0.15) is 18.4 Å². The molecule has 21 heavy (non-hydrogen) atoms. The van der Waals surface area contributed by atoms with Crippen molar-refractivity contribution in [3.8, 4) is 6.07 Å². The van der Waals surface area contributed by atoms with Crippen LogP contribution in [0, 0.1) is 11.3 Å². The topological polar surface area (TPSA) is 35.8 Å². The molecule has 6 heteroatoms. The van der Waals surface area contributed by atoms with E-state index in [2.05, 4.69) is 12.2 Å². The maximum atomic E-state index is 12.9. The third-order valence-electron chi connectivity index (χ3n) is 2.98. The standard InChI is InChI=1S/C15H13F3N2S/c1-2-12-5-6-13(21-12)9-20-11-4-3-10(8-19)14(7-11)15(16,17)18/h3-7,20H,2,9H2,1H3. The minimum atomic E-state index is -4.53. The molecule has 1 aromatic heterocycles. The third-order valence-corrected chi connectivity index (χ3v) is 4.21. The number of nitrogens with zero attached hydrogens (tertiary/aromatic N) is 1. The minimum Gasteiger partial charge on any atom is -0.380 e. The van der Waals surface area contributed by atoms with Crippen molar-refractivity contribution < 1.29 is 13.2 Å². The van der Waals surface area contributed by atoms with Crippen LogP contribution in [-0.2, 0) is 19.1 Å². The first kappa shape index (κ1) is 15.4. The first-order chi connectivity index (χ1) is 9.94. The van der Waals surface area contributed by atoms with Crippen molar-refractivity contribution in [3.05, 3.63) is 51.2 Å². The first-order valence-corrected chi connectivity index (χ1v) is 7.18. The smallest absolute Gasteiger partial charge is 0.380 e. The fraction of sp³-hybridized carbons (Fsp3) is 0.267. The molecule has 0 aliphatic heterocycles. The van der Waals surface area contributed by atoms with Gasteiger partial charge in [0.15, 0.2) is 0 Å². The summed E-state index contributed by atoms with van der Waals surface area (Å²) in [6, 6.07) is 9.21. The minimum absolute atomic E-state index is 0.354. The van der Waals surface area contributed by atoms with Crippen molar-refractivity contribution in [2.45, 2.75) is 26.1 Å². The van der Waals surface area contributed by atoms with Crippen LogP contribution in [0.15, 0.2) is 30.3 Å². The van der Waals surface area contributed by atoms with Crippen molar-refractivity contribution in [1.82, 2.24) is 0 Å². The Hall–Kier alpha value is -2.00. The maximum absolute atomic E-state index is 12.9. The van der Waals surface area contributed by atoms with Gasteiger partial charge in [-0.3, -0.25) is 0 Å². The molecule has 0 fully saturated rings. The van der Waals surface area contributed by atoms with Gasteiger partial charge < -0.3 is 5.32 Å². The van der Waals surface area contributed by atoms with E-state index in [0.29, 0.717) is 12.2 Å². The third kappa shape index (κ3) is 3.76. The molecule has 0 saturated heterocycles. The predicted octanol–water partition coefficient (Wildman–Crippen LogP) is 4.81. The molecule has 0 aliphatic rings. The van der Waals surface area contributed by atoms with Crippen LogP contribution in [0.3, 0.4) is 0 Å². The fourth-order valence-corrected chi connectivity index (χ4v) is 2.78. The molecular formula is C15H13F3N2S. The summed E-state index contributed by atoms with van der Waals surface area (Å²) in [5.41, 5.74) is -0.916. The molecule has 110 valence electrons. The predicted molar refractivity (Wildman–Crippen MR) is 77.2 cm³/mol. The van der Waals surface area contributed by atoms with Crippen molar-refractivity contribution in [1.29, 1.82) is 5.26 Å². The second kappa shape index (κ2) is 6.19. The quantitative estimate of drug-likeness (QED) is 0.879. The van der Waals surface area contributed by atoms with Gasteiger partial charge in [0.25, 0.3) is 0 Å². The van der Waals surface area contributed by atoms with Gasteiger partial charge >= 0.3 is 6.18 Å². The normalized spacial score (nSPS) is 11.2. The molecule has 1 aromatic carbocycles. The Morgan fingerprint density at radius 1 is 1.19 bits per heavy atom. The Labute approximate surface area is 124 Å². The van der Waals surface area contributed by atoms with Crippen molar-refractivity contribution in [2.24, 2.45) is 0 Å². The summed E-state index contributed by atoms with van der Waals surface area (Å²) < 4.78 is 38.6. The molecule has 2 rings (SSSR count). The van der Waals surface area contributed by atoms with Crippen molar-refractivity contribution in [2.75, 3.05) is 5.32 Å². The zero-order valence-corrected chi connectivity index (χ0v) is 12.1. The lowest BCUT2D eigenvalue weighted by Gasteiger charge is -2.11. The van der Waals surface area contributed by atoms with Crippen LogP contribution in [-0.4, -0.2) is 0 Å². The number of hydrogen-bond donors (Lipinski definition) is 1. The maximum Gasteiger partial charge on any atom is 0.417 e. The van der Waals surface area contributed by atoms with Gasteiger partial charge in [0.05, 0.1) is 17.2 Å². The van der Waals surface area contributed by atoms with Crippen LogP contribution >= 0.6 is 11.3 Å². The Bertz CT molecular complexity index is 668. The summed E-state index contributed by atoms with van der Waals surface area (Å²) in [5.74, 6) is 0. The van der Waals surface area contributed by atoms with E-state index < -0.39 is 11.7 Å². The van der Waals surface area contributed by atoms with Gasteiger partial charge in [-0.05, 0) is 36.8 Å². The van der Waals surface area contributed by atoms with Gasteiger partial charge in [-0.15, -0.1) is 11.3 Å². The molecule has 0 atom stereocenters. The van der Waals surface area contributed by atoms with Crippen LogP contribution in [0.1, 0.15) is 27.8 Å². The van der Waals surface area contributed by atoms with E-state index in [9.17, 15) is 13.2 Å². The Balaban J connectivity index is 2.16. The number of nitriles is 1. The second-order valence-electron chi connectivity index (χ2n) is 4.45. The van der Waals surface area contributed by atoms with Gasteiger partial charge in [0.1, 0.15) is 0 Å². The molecule has 0 aliphatic carbocycles. The first-order valence-electron chi connectivity index (χ1n) is 6.37. The van der Waals surface area contributed by atoms with Crippen LogP contribution in [0.5, 0.6) is 0 Å². The Morgan fingerprint density at radius 2 is 1.90 bits per heavy atom. The summed E-state index contributed by atoms with van der Waals surface area (Å²) in [6.45, 7) is 2.52. The average molecular weight is 310 g/mol. The largest absolute Gasteiger partial charge is 0.417 e. The molecule has 0 bridgehead atoms. The molecule has 2 aromatic rings. The highest BCUT2D eigenvalue weighted by Gasteiger charge is 2.33. The fourth-order valence-electron chi connectivity index (χ4n) is 1.88. The van der Waals surface area contributed by atoms with E-state index in [1.165, 1.54) is 17.0 Å². The summed E-state index contributed by atoms with van der Waals surface area (Å²) in [7, 11) is 0. The average Bonchev–Trinajstić information content (AvgIpc) is 2.92. The number of alkyl halides is 3. The lowest BCUT2D eigenvalue weighted by atomic mass is 10.1. The lowest BCUT2D eigenvalue weighted by Crippen LogP contribution is -2.09. The van der Waals surface area contributed by atoms with Crippen LogP contribution in [0.4, 0.5) is 18.9 Å². The monoisotopic (exact) mass is 310 g/mol. The Kier molecular flexibility index (Phi) is 4.53.